The van der Waals surface area contributed by atoms with E-state index in [1.54, 1.807) is 6.07 Å². The number of nitrogens with zero attached hydrogens (tertiary/aromatic N) is 1. The minimum Gasteiger partial charge on any atom is -0.406 e. The summed E-state index contributed by atoms with van der Waals surface area (Å²) in [6.07, 6.45) is 1.50. The topological polar surface area (TPSA) is 60.3 Å². The first-order valence-corrected chi connectivity index (χ1v) is 8.73. The van der Waals surface area contributed by atoms with Crippen LogP contribution in [0.25, 0.3) is 0 Å². The molecule has 0 saturated heterocycles. The second kappa shape index (κ2) is 7.91. The van der Waals surface area contributed by atoms with Crippen molar-refractivity contribution in [1.29, 1.82) is 0 Å². The Morgan fingerprint density at radius 2 is 1.81 bits per heavy atom. The maximum atomic E-state index is 12.6. The number of aryl methyl sites for hydroxylation is 3. The van der Waals surface area contributed by atoms with Gasteiger partial charge in [-0.3, -0.25) is 9.59 Å². The number of nitrogens with one attached hydrogen (secondary N) is 1. The molecule has 0 atom stereocenters. The summed E-state index contributed by atoms with van der Waals surface area (Å²) in [4.78, 5) is 30.7. The number of benzene rings is 2. The Morgan fingerprint density at radius 3 is 2.56 bits per heavy atom. The molecule has 0 aliphatic carbocycles. The highest BCUT2D eigenvalue weighted by Gasteiger charge is 2.13. The lowest BCUT2D eigenvalue weighted by atomic mass is 10.1. The summed E-state index contributed by atoms with van der Waals surface area (Å²) in [7, 11) is 0. The first kappa shape index (κ1) is 18.5. The second-order valence-electron chi connectivity index (χ2n) is 6.57. The average Bonchev–Trinajstić information content (AvgIpc) is 2.64. The zero-order valence-electron chi connectivity index (χ0n) is 15.7. The number of pyridine rings is 1. The van der Waals surface area contributed by atoms with Gasteiger partial charge in [-0.2, -0.15) is 4.73 Å². The molecule has 1 heterocycles. The summed E-state index contributed by atoms with van der Waals surface area (Å²) in [5, 5.41) is 2.77. The van der Waals surface area contributed by atoms with Crippen LogP contribution in [-0.2, 0) is 6.61 Å². The van der Waals surface area contributed by atoms with Crippen molar-refractivity contribution in [2.75, 3.05) is 5.32 Å². The van der Waals surface area contributed by atoms with E-state index in [4.69, 9.17) is 4.84 Å². The Balaban J connectivity index is 1.76. The van der Waals surface area contributed by atoms with Gasteiger partial charge in [-0.05, 0) is 61.7 Å². The van der Waals surface area contributed by atoms with Crippen molar-refractivity contribution in [2.45, 2.75) is 27.4 Å². The molecule has 0 unspecified atom stereocenters. The molecule has 5 heteroatoms. The molecule has 3 rings (SSSR count). The molecule has 0 aliphatic heterocycles. The Morgan fingerprint density at radius 1 is 1.00 bits per heavy atom. The van der Waals surface area contributed by atoms with E-state index in [1.807, 2.05) is 63.2 Å². The molecule has 0 bridgehead atoms. The maximum absolute atomic E-state index is 12.6. The van der Waals surface area contributed by atoms with Crippen molar-refractivity contribution in [3.8, 4) is 0 Å². The van der Waals surface area contributed by atoms with Crippen LogP contribution in [0.3, 0.4) is 0 Å². The van der Waals surface area contributed by atoms with Gasteiger partial charge in [0.05, 0.1) is 0 Å². The van der Waals surface area contributed by atoms with E-state index in [2.05, 4.69) is 5.32 Å². The van der Waals surface area contributed by atoms with E-state index in [9.17, 15) is 9.59 Å². The van der Waals surface area contributed by atoms with Gasteiger partial charge in [0.2, 0.25) is 0 Å². The fourth-order valence-electron chi connectivity index (χ4n) is 2.71. The maximum Gasteiger partial charge on any atom is 0.295 e. The third kappa shape index (κ3) is 4.44. The number of hydrogen-bond donors (Lipinski definition) is 1. The van der Waals surface area contributed by atoms with Crippen LogP contribution in [0.2, 0.25) is 0 Å². The van der Waals surface area contributed by atoms with E-state index in [1.165, 1.54) is 12.3 Å². The predicted molar refractivity (Wildman–Crippen MR) is 106 cm³/mol. The number of rotatable bonds is 5. The minimum atomic E-state index is -0.494. The Hall–Kier alpha value is -3.34. The van der Waals surface area contributed by atoms with Crippen molar-refractivity contribution in [2.24, 2.45) is 0 Å². The third-order valence-electron chi connectivity index (χ3n) is 4.38. The van der Waals surface area contributed by atoms with Gasteiger partial charge in [0, 0.05) is 11.9 Å². The second-order valence-corrected chi connectivity index (χ2v) is 6.57. The number of anilines is 1. The van der Waals surface area contributed by atoms with Gasteiger partial charge in [-0.25, -0.2) is 0 Å². The number of hydrogen-bond acceptors (Lipinski definition) is 3. The SMILES string of the molecule is Cc1cccc(COn2cccc(C(=O)Nc3ccc(C)c(C)c3)c2=O)c1. The third-order valence-corrected chi connectivity index (χ3v) is 4.38. The highest BCUT2D eigenvalue weighted by atomic mass is 16.7. The summed E-state index contributed by atoms with van der Waals surface area (Å²) in [6.45, 7) is 6.21. The van der Waals surface area contributed by atoms with Crippen LogP contribution in [0.5, 0.6) is 0 Å². The van der Waals surface area contributed by atoms with E-state index in [0.29, 0.717) is 5.69 Å². The van der Waals surface area contributed by atoms with Crippen LogP contribution in [-0.4, -0.2) is 10.6 Å². The highest BCUT2D eigenvalue weighted by Crippen LogP contribution is 2.14. The zero-order chi connectivity index (χ0) is 19.4. The van der Waals surface area contributed by atoms with Crippen molar-refractivity contribution in [1.82, 2.24) is 4.73 Å². The van der Waals surface area contributed by atoms with E-state index in [-0.39, 0.29) is 12.2 Å². The molecule has 1 N–H and O–H groups in total. The molecule has 1 amide bonds. The Kier molecular flexibility index (Phi) is 5.41. The molecule has 27 heavy (non-hydrogen) atoms. The summed E-state index contributed by atoms with van der Waals surface area (Å²) in [5.74, 6) is -0.461. The van der Waals surface area contributed by atoms with Crippen LogP contribution in [0.1, 0.15) is 32.6 Å². The van der Waals surface area contributed by atoms with Crippen LogP contribution >= 0.6 is 0 Å². The quantitative estimate of drug-likeness (QED) is 0.754. The monoisotopic (exact) mass is 362 g/mol. The smallest absolute Gasteiger partial charge is 0.295 e. The van der Waals surface area contributed by atoms with Gasteiger partial charge in [0.25, 0.3) is 11.5 Å². The summed E-state index contributed by atoms with van der Waals surface area (Å²) >= 11 is 0. The predicted octanol–water partition coefficient (Wildman–Crippen LogP) is 3.65. The number of amides is 1. The van der Waals surface area contributed by atoms with Gasteiger partial charge in [-0.1, -0.05) is 35.9 Å². The van der Waals surface area contributed by atoms with Gasteiger partial charge < -0.3 is 10.2 Å². The summed E-state index contributed by atoms with van der Waals surface area (Å²) < 4.78 is 1.09. The van der Waals surface area contributed by atoms with Crippen LogP contribution in [0, 0.1) is 20.8 Å². The summed E-state index contributed by atoms with van der Waals surface area (Å²) in [6, 6.07) is 16.6. The van der Waals surface area contributed by atoms with Crippen molar-refractivity contribution >= 4 is 11.6 Å². The Labute approximate surface area is 158 Å². The molecule has 2 aromatic carbocycles. The zero-order valence-corrected chi connectivity index (χ0v) is 15.7. The molecule has 3 aromatic rings. The lowest BCUT2D eigenvalue weighted by Gasteiger charge is -2.11. The normalized spacial score (nSPS) is 10.5. The summed E-state index contributed by atoms with van der Waals surface area (Å²) in [5.41, 5.74) is 4.46. The van der Waals surface area contributed by atoms with E-state index >= 15 is 0 Å². The van der Waals surface area contributed by atoms with Gasteiger partial charge in [-0.15, -0.1) is 0 Å². The first-order chi connectivity index (χ1) is 12.9. The molecule has 5 nitrogen and oxygen atoms in total. The molecule has 0 radical (unpaired) electrons. The van der Waals surface area contributed by atoms with Crippen molar-refractivity contribution < 1.29 is 9.63 Å². The molecule has 138 valence electrons. The van der Waals surface area contributed by atoms with Crippen LogP contribution < -0.4 is 15.7 Å². The molecule has 0 aliphatic rings. The van der Waals surface area contributed by atoms with E-state index < -0.39 is 11.5 Å². The number of aromatic nitrogens is 1. The lowest BCUT2D eigenvalue weighted by molar-refractivity contribution is 0.0863. The molecular formula is C22H22N2O3. The fourth-order valence-corrected chi connectivity index (χ4v) is 2.71. The first-order valence-electron chi connectivity index (χ1n) is 8.73. The molecular weight excluding hydrogens is 340 g/mol. The standard InChI is InChI=1S/C22H22N2O3/c1-15-6-4-7-18(12-15)14-27-24-11-5-8-20(22(24)26)21(25)23-19-10-9-16(2)17(3)13-19/h4-13H,14H2,1-3H3,(H,23,25). The fraction of sp³-hybridized carbons (Fsp3) is 0.182. The molecule has 0 spiro atoms. The largest absolute Gasteiger partial charge is 0.406 e. The molecule has 1 aromatic heterocycles. The van der Waals surface area contributed by atoms with E-state index in [0.717, 1.165) is 27.0 Å². The molecule has 0 saturated carbocycles. The van der Waals surface area contributed by atoms with Crippen LogP contribution in [0.15, 0.2) is 65.6 Å². The van der Waals surface area contributed by atoms with Crippen LogP contribution in [0.4, 0.5) is 5.69 Å². The average molecular weight is 362 g/mol. The number of carbonyl (C=O) groups excluding carboxylic acids is 1. The van der Waals surface area contributed by atoms with Gasteiger partial charge >= 0.3 is 0 Å². The molecule has 0 fully saturated rings. The van der Waals surface area contributed by atoms with Gasteiger partial charge in [0.1, 0.15) is 12.2 Å². The minimum absolute atomic E-state index is 0.0278. The number of carbonyl (C=O) groups is 1. The highest BCUT2D eigenvalue weighted by molar-refractivity contribution is 6.04. The Bertz CT molecular complexity index is 1040. The van der Waals surface area contributed by atoms with Gasteiger partial charge in [0.15, 0.2) is 0 Å². The van der Waals surface area contributed by atoms with Crippen molar-refractivity contribution in [3.63, 3.8) is 0 Å². The lowest BCUT2D eigenvalue weighted by Crippen LogP contribution is -2.32. The van der Waals surface area contributed by atoms with Crippen molar-refractivity contribution in [3.05, 3.63) is 99.0 Å².